The first kappa shape index (κ1) is 32.8. The van der Waals surface area contributed by atoms with E-state index in [2.05, 4.69) is 38.1 Å². The number of quaternary nitrogens is 1. The summed E-state index contributed by atoms with van der Waals surface area (Å²) in [7, 11) is 7.50. The summed E-state index contributed by atoms with van der Waals surface area (Å²) in [5.41, 5.74) is -0.520. The SMILES string of the molecule is C=CC(=O)OCCN(CC[N+](C)(C)C)c1cc(NC(C)=O)c(N=Nc2c(Br)cc([N+](=O)[O-])cc2[N+](=O)[O-])cc1OC. The van der Waals surface area contributed by atoms with E-state index in [1.54, 1.807) is 6.07 Å². The molecule has 0 saturated heterocycles. The molecule has 16 heteroatoms. The molecule has 0 saturated carbocycles. The van der Waals surface area contributed by atoms with E-state index in [9.17, 15) is 29.8 Å². The molecule has 0 aliphatic heterocycles. The van der Waals surface area contributed by atoms with E-state index in [-0.39, 0.29) is 34.7 Å². The number of likely N-dealkylation sites (N-methyl/N-ethyl adjacent to an activating group) is 1. The number of rotatable bonds is 14. The Kier molecular flexibility index (Phi) is 11.4. The summed E-state index contributed by atoms with van der Waals surface area (Å²) in [6.45, 7) is 6.26. The quantitative estimate of drug-likeness (QED) is 0.0754. The zero-order valence-electron chi connectivity index (χ0n) is 23.2. The summed E-state index contributed by atoms with van der Waals surface area (Å²) in [6.07, 6.45) is 1.07. The molecule has 0 bridgehead atoms. The van der Waals surface area contributed by atoms with Gasteiger partial charge in [0.15, 0.2) is 5.69 Å². The van der Waals surface area contributed by atoms with Crippen LogP contribution >= 0.6 is 15.9 Å². The maximum absolute atomic E-state index is 12.1. The first-order chi connectivity index (χ1) is 19.2. The Morgan fingerprint density at radius 3 is 2.34 bits per heavy atom. The largest absolute Gasteiger partial charge is 0.494 e. The molecule has 0 heterocycles. The summed E-state index contributed by atoms with van der Waals surface area (Å²) in [5.74, 6) is -0.649. The number of carbonyl (C=O) groups is 2. The van der Waals surface area contributed by atoms with Crippen LogP contribution in [0.15, 0.2) is 51.6 Å². The molecule has 15 nitrogen and oxygen atoms in total. The highest BCUT2D eigenvalue weighted by atomic mass is 79.9. The number of nitro benzene ring substituents is 2. The number of azo groups is 1. The van der Waals surface area contributed by atoms with E-state index >= 15 is 0 Å². The van der Waals surface area contributed by atoms with Crippen LogP contribution in [0.25, 0.3) is 0 Å². The molecular formula is C25H31BrN7O8+. The molecule has 0 aromatic heterocycles. The van der Waals surface area contributed by atoms with Crippen molar-refractivity contribution in [3.63, 3.8) is 0 Å². The van der Waals surface area contributed by atoms with E-state index in [1.165, 1.54) is 20.1 Å². The van der Waals surface area contributed by atoms with Gasteiger partial charge in [-0.25, -0.2) is 4.79 Å². The molecule has 0 unspecified atom stereocenters. The monoisotopic (exact) mass is 636 g/mol. The smallest absolute Gasteiger partial charge is 0.330 e. The number of amides is 1. The van der Waals surface area contributed by atoms with Crippen LogP contribution in [0.5, 0.6) is 5.75 Å². The highest BCUT2D eigenvalue weighted by molar-refractivity contribution is 9.10. The standard InChI is InChI=1S/C25H30BrN7O8/c1-7-24(35)41-11-9-30(8-10-33(3,4)5)21-14-19(27-16(2)34)20(15-23(21)40-6)28-29-25-18(26)12-17(31(36)37)13-22(25)32(38)39/h7,12-15H,1,8-11H2,2-6H3/p+1. The van der Waals surface area contributed by atoms with E-state index in [0.29, 0.717) is 29.0 Å². The maximum Gasteiger partial charge on any atom is 0.330 e. The highest BCUT2D eigenvalue weighted by Crippen LogP contribution is 2.43. The average molecular weight is 637 g/mol. The molecule has 2 rings (SSSR count). The molecule has 41 heavy (non-hydrogen) atoms. The van der Waals surface area contributed by atoms with Crippen molar-refractivity contribution in [2.75, 3.05) is 64.7 Å². The van der Waals surface area contributed by atoms with Gasteiger partial charge in [0.1, 0.15) is 18.0 Å². The molecule has 0 radical (unpaired) electrons. The number of carbonyl (C=O) groups excluding carboxylic acids is 2. The Bertz CT molecular complexity index is 1370. The first-order valence-corrected chi connectivity index (χ1v) is 12.8. The van der Waals surface area contributed by atoms with Gasteiger partial charge in [-0.15, -0.1) is 10.2 Å². The van der Waals surface area contributed by atoms with Gasteiger partial charge in [-0.1, -0.05) is 6.58 Å². The van der Waals surface area contributed by atoms with Gasteiger partial charge in [0, 0.05) is 25.1 Å². The van der Waals surface area contributed by atoms with Crippen molar-refractivity contribution < 1.29 is 33.4 Å². The number of nitrogens with zero attached hydrogens (tertiary/aromatic N) is 6. The van der Waals surface area contributed by atoms with Crippen LogP contribution in [0.3, 0.4) is 0 Å². The number of halogens is 1. The minimum Gasteiger partial charge on any atom is -0.494 e. The molecule has 0 spiro atoms. The number of hydrogen-bond donors (Lipinski definition) is 1. The van der Waals surface area contributed by atoms with Gasteiger partial charge in [0.25, 0.3) is 5.69 Å². The molecule has 220 valence electrons. The van der Waals surface area contributed by atoms with Crippen molar-refractivity contribution in [3.8, 4) is 5.75 Å². The zero-order chi connectivity index (χ0) is 30.9. The normalized spacial score (nSPS) is 11.2. The lowest BCUT2D eigenvalue weighted by Crippen LogP contribution is -2.43. The fourth-order valence-corrected chi connectivity index (χ4v) is 3.96. The predicted molar refractivity (Wildman–Crippen MR) is 155 cm³/mol. The second-order valence-corrected chi connectivity index (χ2v) is 10.5. The number of ether oxygens (including phenoxy) is 2. The van der Waals surface area contributed by atoms with E-state index in [0.717, 1.165) is 18.2 Å². The van der Waals surface area contributed by atoms with Gasteiger partial charge in [0.2, 0.25) is 5.91 Å². The summed E-state index contributed by atoms with van der Waals surface area (Å²) < 4.78 is 11.4. The van der Waals surface area contributed by atoms with Crippen molar-refractivity contribution in [1.82, 2.24) is 0 Å². The Morgan fingerprint density at radius 1 is 1.12 bits per heavy atom. The third-order valence-corrected chi connectivity index (χ3v) is 6.06. The van der Waals surface area contributed by atoms with Crippen molar-refractivity contribution >= 4 is 61.9 Å². The number of benzene rings is 2. The van der Waals surface area contributed by atoms with Crippen LogP contribution in [-0.4, -0.2) is 80.7 Å². The Hall–Kier alpha value is -4.44. The van der Waals surface area contributed by atoms with Crippen molar-refractivity contribution in [3.05, 3.63) is 61.6 Å². The number of hydrogen-bond acceptors (Lipinski definition) is 11. The minimum absolute atomic E-state index is 0.0210. The van der Waals surface area contributed by atoms with Crippen molar-refractivity contribution in [2.24, 2.45) is 10.2 Å². The lowest BCUT2D eigenvalue weighted by Gasteiger charge is -2.31. The third kappa shape index (κ3) is 9.61. The molecule has 0 fully saturated rings. The first-order valence-electron chi connectivity index (χ1n) is 12.0. The summed E-state index contributed by atoms with van der Waals surface area (Å²) in [5, 5.41) is 33.6. The maximum atomic E-state index is 12.1. The summed E-state index contributed by atoms with van der Waals surface area (Å²) >= 11 is 3.09. The number of anilines is 2. The van der Waals surface area contributed by atoms with Crippen LogP contribution in [0.1, 0.15) is 6.92 Å². The van der Waals surface area contributed by atoms with E-state index in [1.807, 2.05) is 26.0 Å². The summed E-state index contributed by atoms with van der Waals surface area (Å²) in [6, 6.07) is 4.95. The highest BCUT2D eigenvalue weighted by Gasteiger charge is 2.24. The number of nitro groups is 2. The van der Waals surface area contributed by atoms with Gasteiger partial charge in [0.05, 0.1) is 79.6 Å². The molecule has 2 aromatic carbocycles. The van der Waals surface area contributed by atoms with Crippen molar-refractivity contribution in [1.29, 1.82) is 0 Å². The predicted octanol–water partition coefficient (Wildman–Crippen LogP) is 4.89. The van der Waals surface area contributed by atoms with Gasteiger partial charge in [-0.3, -0.25) is 25.0 Å². The van der Waals surface area contributed by atoms with Crippen LogP contribution in [0.2, 0.25) is 0 Å². The molecule has 2 aromatic rings. The minimum atomic E-state index is -0.810. The Morgan fingerprint density at radius 2 is 1.80 bits per heavy atom. The number of non-ortho nitro benzene ring substituents is 1. The Labute approximate surface area is 244 Å². The van der Waals surface area contributed by atoms with E-state index in [4.69, 9.17) is 9.47 Å². The number of nitrogens with one attached hydrogen (secondary N) is 1. The fourth-order valence-electron chi connectivity index (χ4n) is 3.45. The van der Waals surface area contributed by atoms with Gasteiger partial charge >= 0.3 is 11.7 Å². The molecule has 0 aliphatic carbocycles. The lowest BCUT2D eigenvalue weighted by molar-refractivity contribution is -0.868. The van der Waals surface area contributed by atoms with Crippen LogP contribution in [0, 0.1) is 20.2 Å². The zero-order valence-corrected chi connectivity index (χ0v) is 24.8. The van der Waals surface area contributed by atoms with Crippen LogP contribution in [0.4, 0.5) is 34.1 Å². The lowest BCUT2D eigenvalue weighted by atomic mass is 10.2. The van der Waals surface area contributed by atoms with Crippen LogP contribution in [-0.2, 0) is 14.3 Å². The third-order valence-electron chi connectivity index (χ3n) is 5.45. The van der Waals surface area contributed by atoms with Crippen LogP contribution < -0.4 is 15.0 Å². The van der Waals surface area contributed by atoms with Gasteiger partial charge < -0.3 is 24.2 Å². The Balaban J connectivity index is 2.63. The molecule has 0 aliphatic rings. The second kappa shape index (κ2) is 14.3. The average Bonchev–Trinajstić information content (AvgIpc) is 2.88. The molecule has 0 atom stereocenters. The fraction of sp³-hybridized carbons (Fsp3) is 0.360. The summed E-state index contributed by atoms with van der Waals surface area (Å²) in [4.78, 5) is 46.8. The molecule has 1 amide bonds. The molecule has 1 N–H and O–H groups in total. The van der Waals surface area contributed by atoms with Gasteiger partial charge in [-0.05, 0) is 22.0 Å². The van der Waals surface area contributed by atoms with E-state index < -0.39 is 33.1 Å². The topological polar surface area (TPSA) is 179 Å². The number of methoxy groups -OCH3 is 1. The van der Waals surface area contributed by atoms with Gasteiger partial charge in [-0.2, -0.15) is 0 Å². The second-order valence-electron chi connectivity index (χ2n) is 9.60. The number of esters is 1. The van der Waals surface area contributed by atoms with Crippen molar-refractivity contribution in [2.45, 2.75) is 6.92 Å². The molecular weight excluding hydrogens is 606 g/mol.